The Balaban J connectivity index is 2.18. The van der Waals surface area contributed by atoms with Gasteiger partial charge < -0.3 is 5.32 Å². The van der Waals surface area contributed by atoms with Crippen molar-refractivity contribution < 1.29 is 0 Å². The van der Waals surface area contributed by atoms with Gasteiger partial charge in [0.15, 0.2) is 0 Å². The van der Waals surface area contributed by atoms with Gasteiger partial charge in [-0.1, -0.05) is 19.1 Å². The molecule has 1 unspecified atom stereocenters. The molecule has 1 aromatic carbocycles. The Morgan fingerprint density at radius 2 is 2.43 bits per heavy atom. The van der Waals surface area contributed by atoms with Crippen molar-refractivity contribution in [2.24, 2.45) is 0 Å². The minimum Gasteiger partial charge on any atom is -0.309 e. The van der Waals surface area contributed by atoms with Crippen molar-refractivity contribution >= 4 is 27.7 Å². The van der Waals surface area contributed by atoms with Gasteiger partial charge in [0.2, 0.25) is 0 Å². The van der Waals surface area contributed by atoms with E-state index in [9.17, 15) is 0 Å². The second-order valence-electron chi connectivity index (χ2n) is 3.48. The number of benzene rings is 1. The standard InChI is InChI=1S/C11H14BrNS/c1-2-6-13-10-7-14-11-8(10)4-3-5-9(11)12/h3-5,10,13H,2,6-7H2,1H3. The van der Waals surface area contributed by atoms with Crippen LogP contribution < -0.4 is 5.32 Å². The van der Waals surface area contributed by atoms with Crippen LogP contribution in [-0.2, 0) is 0 Å². The van der Waals surface area contributed by atoms with Gasteiger partial charge in [-0.05, 0) is 40.5 Å². The van der Waals surface area contributed by atoms with Crippen LogP contribution in [0, 0.1) is 0 Å². The average Bonchev–Trinajstić information content (AvgIpc) is 2.60. The van der Waals surface area contributed by atoms with Crippen LogP contribution in [0.4, 0.5) is 0 Å². The van der Waals surface area contributed by atoms with E-state index in [0.29, 0.717) is 6.04 Å². The summed E-state index contributed by atoms with van der Waals surface area (Å²) in [5.74, 6) is 1.16. The average molecular weight is 272 g/mol. The Hall–Kier alpha value is 0.0100. The Morgan fingerprint density at radius 1 is 1.57 bits per heavy atom. The molecule has 0 aromatic heterocycles. The SMILES string of the molecule is CCCNC1CSc2c(Br)cccc21. The number of nitrogens with one attached hydrogen (secondary N) is 1. The van der Waals surface area contributed by atoms with E-state index in [1.807, 2.05) is 11.8 Å². The molecule has 1 aliphatic rings. The lowest BCUT2D eigenvalue weighted by atomic mass is 10.1. The molecule has 76 valence electrons. The fourth-order valence-corrected chi connectivity index (χ4v) is 3.63. The van der Waals surface area contributed by atoms with E-state index in [1.165, 1.54) is 21.4 Å². The number of rotatable bonds is 3. The number of fused-ring (bicyclic) bond motifs is 1. The first-order valence-electron chi connectivity index (χ1n) is 4.97. The molecular weight excluding hydrogens is 258 g/mol. The van der Waals surface area contributed by atoms with E-state index < -0.39 is 0 Å². The lowest BCUT2D eigenvalue weighted by molar-refractivity contribution is 0.579. The van der Waals surface area contributed by atoms with Gasteiger partial charge in [0.05, 0.1) is 0 Å². The van der Waals surface area contributed by atoms with Gasteiger partial charge in [0.1, 0.15) is 0 Å². The summed E-state index contributed by atoms with van der Waals surface area (Å²) in [4.78, 5) is 1.42. The molecular formula is C11H14BrNS. The third-order valence-corrected chi connectivity index (χ3v) is 4.58. The van der Waals surface area contributed by atoms with Crippen molar-refractivity contribution in [1.29, 1.82) is 0 Å². The highest BCUT2D eigenvalue weighted by Crippen LogP contribution is 2.42. The van der Waals surface area contributed by atoms with Crippen LogP contribution in [0.2, 0.25) is 0 Å². The van der Waals surface area contributed by atoms with Gasteiger partial charge in [-0.25, -0.2) is 0 Å². The van der Waals surface area contributed by atoms with Crippen molar-refractivity contribution in [3.8, 4) is 0 Å². The molecule has 1 aliphatic heterocycles. The highest BCUT2D eigenvalue weighted by molar-refractivity contribution is 9.10. The predicted octanol–water partition coefficient (Wildman–Crippen LogP) is 3.60. The van der Waals surface area contributed by atoms with Gasteiger partial charge >= 0.3 is 0 Å². The third-order valence-electron chi connectivity index (χ3n) is 2.41. The van der Waals surface area contributed by atoms with Crippen molar-refractivity contribution in [2.75, 3.05) is 12.3 Å². The van der Waals surface area contributed by atoms with Crippen LogP contribution in [0.15, 0.2) is 27.6 Å². The molecule has 0 amide bonds. The monoisotopic (exact) mass is 271 g/mol. The largest absolute Gasteiger partial charge is 0.309 e. The molecule has 1 nitrogen and oxygen atoms in total. The molecule has 0 radical (unpaired) electrons. The molecule has 1 N–H and O–H groups in total. The van der Waals surface area contributed by atoms with Crippen LogP contribution in [0.1, 0.15) is 24.9 Å². The van der Waals surface area contributed by atoms with E-state index in [0.717, 1.165) is 12.3 Å². The van der Waals surface area contributed by atoms with Gasteiger partial charge in [-0.15, -0.1) is 11.8 Å². The van der Waals surface area contributed by atoms with Gasteiger partial charge in [0.25, 0.3) is 0 Å². The third kappa shape index (κ3) is 2.00. The zero-order chi connectivity index (χ0) is 9.97. The molecule has 2 rings (SSSR count). The van der Waals surface area contributed by atoms with Gasteiger partial charge in [-0.3, -0.25) is 0 Å². The van der Waals surface area contributed by atoms with Crippen LogP contribution in [0.3, 0.4) is 0 Å². The van der Waals surface area contributed by atoms with Crippen molar-refractivity contribution in [2.45, 2.75) is 24.3 Å². The Labute approximate surface area is 97.8 Å². The molecule has 14 heavy (non-hydrogen) atoms. The highest BCUT2D eigenvalue weighted by Gasteiger charge is 2.23. The summed E-state index contributed by atoms with van der Waals surface area (Å²) in [7, 11) is 0. The molecule has 0 aliphatic carbocycles. The zero-order valence-corrected chi connectivity index (χ0v) is 10.6. The molecule has 0 spiro atoms. The second-order valence-corrected chi connectivity index (χ2v) is 5.36. The van der Waals surface area contributed by atoms with E-state index in [4.69, 9.17) is 0 Å². The molecule has 0 saturated heterocycles. The fraction of sp³-hybridized carbons (Fsp3) is 0.455. The minimum absolute atomic E-state index is 0.549. The molecule has 0 saturated carbocycles. The Kier molecular flexibility index (Phi) is 3.52. The maximum atomic E-state index is 3.59. The van der Waals surface area contributed by atoms with Gasteiger partial charge in [0, 0.05) is 21.2 Å². The summed E-state index contributed by atoms with van der Waals surface area (Å²) in [5, 5.41) is 3.57. The van der Waals surface area contributed by atoms with Crippen molar-refractivity contribution in [3.05, 3.63) is 28.2 Å². The van der Waals surface area contributed by atoms with E-state index in [1.54, 1.807) is 0 Å². The summed E-state index contributed by atoms with van der Waals surface area (Å²) in [6.45, 7) is 3.31. The normalized spacial score (nSPS) is 19.7. The molecule has 3 heteroatoms. The number of hydrogen-bond acceptors (Lipinski definition) is 2. The van der Waals surface area contributed by atoms with E-state index in [2.05, 4.69) is 46.4 Å². The first kappa shape index (κ1) is 10.5. The topological polar surface area (TPSA) is 12.0 Å². The summed E-state index contributed by atoms with van der Waals surface area (Å²) in [6.07, 6.45) is 1.20. The summed E-state index contributed by atoms with van der Waals surface area (Å²) >= 11 is 5.54. The van der Waals surface area contributed by atoms with Crippen molar-refractivity contribution in [3.63, 3.8) is 0 Å². The summed E-state index contributed by atoms with van der Waals surface area (Å²) < 4.78 is 1.24. The lowest BCUT2D eigenvalue weighted by Crippen LogP contribution is -2.21. The quantitative estimate of drug-likeness (QED) is 0.902. The smallest absolute Gasteiger partial charge is 0.0426 e. The Bertz CT molecular complexity index is 327. The molecule has 0 fully saturated rings. The van der Waals surface area contributed by atoms with Gasteiger partial charge in [-0.2, -0.15) is 0 Å². The van der Waals surface area contributed by atoms with Crippen LogP contribution >= 0.6 is 27.7 Å². The van der Waals surface area contributed by atoms with Crippen LogP contribution in [-0.4, -0.2) is 12.3 Å². The molecule has 1 heterocycles. The summed E-state index contributed by atoms with van der Waals surface area (Å²) in [5.41, 5.74) is 1.46. The summed E-state index contributed by atoms with van der Waals surface area (Å²) in [6, 6.07) is 7.02. The lowest BCUT2D eigenvalue weighted by Gasteiger charge is -2.12. The molecule has 1 atom stereocenters. The number of hydrogen-bond donors (Lipinski definition) is 1. The fourth-order valence-electron chi connectivity index (χ4n) is 1.70. The van der Waals surface area contributed by atoms with Crippen LogP contribution in [0.25, 0.3) is 0 Å². The van der Waals surface area contributed by atoms with Crippen LogP contribution in [0.5, 0.6) is 0 Å². The first-order valence-corrected chi connectivity index (χ1v) is 6.75. The Morgan fingerprint density at radius 3 is 3.21 bits per heavy atom. The zero-order valence-electron chi connectivity index (χ0n) is 8.22. The maximum Gasteiger partial charge on any atom is 0.0426 e. The van der Waals surface area contributed by atoms with E-state index in [-0.39, 0.29) is 0 Å². The second kappa shape index (κ2) is 4.69. The maximum absolute atomic E-state index is 3.59. The highest BCUT2D eigenvalue weighted by atomic mass is 79.9. The predicted molar refractivity (Wildman–Crippen MR) is 65.9 cm³/mol. The molecule has 1 aromatic rings. The first-order chi connectivity index (χ1) is 6.83. The van der Waals surface area contributed by atoms with E-state index >= 15 is 0 Å². The molecule has 0 bridgehead atoms. The number of halogens is 1. The minimum atomic E-state index is 0.549. The van der Waals surface area contributed by atoms with Crippen molar-refractivity contribution in [1.82, 2.24) is 5.32 Å². The number of thioether (sulfide) groups is 1.